The van der Waals surface area contributed by atoms with Gasteiger partial charge in [0.05, 0.1) is 17.2 Å². The molecule has 1 aliphatic rings. The molecule has 6 nitrogen and oxygen atoms in total. The van der Waals surface area contributed by atoms with E-state index in [1.807, 2.05) is 19.1 Å². The maximum Gasteiger partial charge on any atom is 0.261 e. The van der Waals surface area contributed by atoms with E-state index in [4.69, 9.17) is 4.74 Å². The van der Waals surface area contributed by atoms with Crippen molar-refractivity contribution in [2.24, 2.45) is 5.92 Å². The largest absolute Gasteiger partial charge is 0.381 e. The molecule has 3 rings (SSSR count). The molecule has 2 aromatic rings. The highest BCUT2D eigenvalue weighted by Gasteiger charge is 2.20. The molecular formula is C20H27N3O3. The molecule has 1 N–H and O–H groups in total. The lowest BCUT2D eigenvalue weighted by atomic mass is 10.1. The Morgan fingerprint density at radius 1 is 1.35 bits per heavy atom. The van der Waals surface area contributed by atoms with Gasteiger partial charge in [0.1, 0.15) is 0 Å². The topological polar surface area (TPSA) is 73.2 Å². The van der Waals surface area contributed by atoms with Crippen LogP contribution in [-0.2, 0) is 16.1 Å². The smallest absolute Gasteiger partial charge is 0.261 e. The van der Waals surface area contributed by atoms with E-state index in [0.717, 1.165) is 30.0 Å². The van der Waals surface area contributed by atoms with Crippen molar-refractivity contribution in [3.05, 3.63) is 40.4 Å². The summed E-state index contributed by atoms with van der Waals surface area (Å²) < 4.78 is 7.12. The number of fused-ring (bicyclic) bond motifs is 1. The minimum absolute atomic E-state index is 0.0184. The molecule has 0 aliphatic heterocycles. The second kappa shape index (κ2) is 8.94. The van der Waals surface area contributed by atoms with Gasteiger partial charge in [-0.15, -0.1) is 0 Å². The zero-order valence-electron chi connectivity index (χ0n) is 15.4. The molecule has 1 amide bonds. The Labute approximate surface area is 153 Å². The first-order valence-corrected chi connectivity index (χ1v) is 9.44. The van der Waals surface area contributed by atoms with E-state index in [1.165, 1.54) is 12.8 Å². The Kier molecular flexibility index (Phi) is 6.39. The molecule has 6 heteroatoms. The summed E-state index contributed by atoms with van der Waals surface area (Å²) in [6.07, 6.45) is 6.03. The number of aromatic nitrogens is 2. The Balaban J connectivity index is 1.37. The zero-order valence-corrected chi connectivity index (χ0v) is 15.4. The monoisotopic (exact) mass is 357 g/mol. The summed E-state index contributed by atoms with van der Waals surface area (Å²) in [7, 11) is 0. The maximum absolute atomic E-state index is 12.5. The molecule has 1 saturated carbocycles. The van der Waals surface area contributed by atoms with Crippen molar-refractivity contribution in [3.8, 4) is 0 Å². The molecule has 0 bridgehead atoms. The van der Waals surface area contributed by atoms with Gasteiger partial charge in [0.25, 0.3) is 5.56 Å². The van der Waals surface area contributed by atoms with Crippen LogP contribution in [0.15, 0.2) is 29.3 Å². The number of para-hydroxylation sites is 1. The van der Waals surface area contributed by atoms with Gasteiger partial charge in [-0.25, -0.2) is 4.98 Å². The minimum atomic E-state index is -0.0491. The first-order valence-electron chi connectivity index (χ1n) is 9.44. The number of nitrogens with zero attached hydrogens (tertiary/aromatic N) is 2. The highest BCUT2D eigenvalue weighted by Crippen LogP contribution is 2.28. The van der Waals surface area contributed by atoms with Crippen molar-refractivity contribution < 1.29 is 9.53 Å². The fourth-order valence-electron chi connectivity index (χ4n) is 2.93. The molecule has 1 fully saturated rings. The lowest BCUT2D eigenvalue weighted by molar-refractivity contribution is -0.121. The number of amides is 1. The van der Waals surface area contributed by atoms with Crippen LogP contribution < -0.4 is 10.9 Å². The van der Waals surface area contributed by atoms with Crippen molar-refractivity contribution in [2.45, 2.75) is 45.6 Å². The Hall–Kier alpha value is -2.21. The number of carbonyl (C=O) groups is 1. The van der Waals surface area contributed by atoms with E-state index in [2.05, 4.69) is 10.3 Å². The van der Waals surface area contributed by atoms with Gasteiger partial charge in [-0.2, -0.15) is 0 Å². The molecule has 1 heterocycles. The van der Waals surface area contributed by atoms with Crippen LogP contribution in [0.25, 0.3) is 10.9 Å². The maximum atomic E-state index is 12.5. The van der Waals surface area contributed by atoms with Crippen molar-refractivity contribution in [3.63, 3.8) is 0 Å². The Morgan fingerprint density at radius 3 is 3.00 bits per heavy atom. The second-order valence-corrected chi connectivity index (χ2v) is 7.04. The van der Waals surface area contributed by atoms with Crippen LogP contribution in [0.4, 0.5) is 0 Å². The molecule has 0 radical (unpaired) electrons. The quantitative estimate of drug-likeness (QED) is 0.663. The van der Waals surface area contributed by atoms with Crippen molar-refractivity contribution in [1.29, 1.82) is 0 Å². The van der Waals surface area contributed by atoms with Crippen LogP contribution in [0, 0.1) is 12.8 Å². The first-order chi connectivity index (χ1) is 12.6. The summed E-state index contributed by atoms with van der Waals surface area (Å²) in [5.41, 5.74) is 1.69. The van der Waals surface area contributed by atoms with Crippen LogP contribution in [0.1, 0.15) is 37.7 Å². The van der Waals surface area contributed by atoms with Crippen molar-refractivity contribution in [1.82, 2.24) is 14.9 Å². The highest BCUT2D eigenvalue weighted by molar-refractivity contribution is 5.80. The molecule has 1 aromatic carbocycles. The van der Waals surface area contributed by atoms with Gasteiger partial charge in [0, 0.05) is 32.7 Å². The van der Waals surface area contributed by atoms with E-state index in [1.54, 1.807) is 17.0 Å². The number of nitrogens with one attached hydrogen (secondary N) is 1. The third-order valence-electron chi connectivity index (χ3n) is 4.70. The van der Waals surface area contributed by atoms with Gasteiger partial charge in [0.2, 0.25) is 5.91 Å². The number of ether oxygens (including phenoxy) is 1. The number of carbonyl (C=O) groups excluding carboxylic acids is 1. The van der Waals surface area contributed by atoms with E-state index >= 15 is 0 Å². The summed E-state index contributed by atoms with van der Waals surface area (Å²) >= 11 is 0. The Bertz CT molecular complexity index is 812. The highest BCUT2D eigenvalue weighted by atomic mass is 16.5. The standard InChI is InChI=1S/C20H27N3O3/c1-15-5-2-6-17-19(15)22-14-23(20(17)25)11-3-7-18(24)21-10-4-12-26-13-16-8-9-16/h2,5-6,14,16H,3-4,7-13H2,1H3,(H,21,24). The molecular weight excluding hydrogens is 330 g/mol. The Morgan fingerprint density at radius 2 is 2.19 bits per heavy atom. The molecule has 0 unspecified atom stereocenters. The molecule has 0 atom stereocenters. The third-order valence-corrected chi connectivity index (χ3v) is 4.70. The van der Waals surface area contributed by atoms with Gasteiger partial charge in [0.15, 0.2) is 0 Å². The minimum Gasteiger partial charge on any atom is -0.381 e. The van der Waals surface area contributed by atoms with Crippen LogP contribution >= 0.6 is 0 Å². The molecule has 1 aromatic heterocycles. The molecule has 26 heavy (non-hydrogen) atoms. The average molecular weight is 357 g/mol. The summed E-state index contributed by atoms with van der Waals surface area (Å²) in [5.74, 6) is 0.798. The fourth-order valence-corrected chi connectivity index (χ4v) is 2.93. The van der Waals surface area contributed by atoms with Crippen LogP contribution in [0.3, 0.4) is 0 Å². The van der Waals surface area contributed by atoms with E-state index < -0.39 is 0 Å². The zero-order chi connectivity index (χ0) is 18.4. The number of hydrogen-bond donors (Lipinski definition) is 1. The molecule has 0 spiro atoms. The summed E-state index contributed by atoms with van der Waals surface area (Å²) in [5, 5.41) is 3.53. The van der Waals surface area contributed by atoms with Crippen molar-refractivity contribution >= 4 is 16.8 Å². The third kappa shape index (κ3) is 5.14. The number of hydrogen-bond acceptors (Lipinski definition) is 4. The second-order valence-electron chi connectivity index (χ2n) is 7.04. The average Bonchev–Trinajstić information content (AvgIpc) is 3.45. The van der Waals surface area contributed by atoms with Crippen LogP contribution in [0.5, 0.6) is 0 Å². The van der Waals surface area contributed by atoms with Crippen LogP contribution in [0.2, 0.25) is 0 Å². The number of aryl methyl sites for hydroxylation is 2. The van der Waals surface area contributed by atoms with Crippen molar-refractivity contribution in [2.75, 3.05) is 19.8 Å². The first kappa shape index (κ1) is 18.6. The van der Waals surface area contributed by atoms with Gasteiger partial charge in [-0.1, -0.05) is 12.1 Å². The van der Waals surface area contributed by atoms with Gasteiger partial charge < -0.3 is 10.1 Å². The fraction of sp³-hybridized carbons (Fsp3) is 0.550. The number of rotatable bonds is 10. The van der Waals surface area contributed by atoms with Crippen LogP contribution in [-0.4, -0.2) is 35.2 Å². The summed E-state index contributed by atoms with van der Waals surface area (Å²) in [4.78, 5) is 28.7. The summed E-state index contributed by atoms with van der Waals surface area (Å²) in [6.45, 7) is 4.64. The predicted molar refractivity (Wildman–Crippen MR) is 101 cm³/mol. The predicted octanol–water partition coefficient (Wildman–Crippen LogP) is 2.42. The van der Waals surface area contributed by atoms with E-state index in [0.29, 0.717) is 37.9 Å². The SMILES string of the molecule is Cc1cccc2c(=O)n(CCCC(=O)NCCCOCC3CC3)cnc12. The molecule has 0 saturated heterocycles. The van der Waals surface area contributed by atoms with E-state index in [-0.39, 0.29) is 11.5 Å². The van der Waals surface area contributed by atoms with Gasteiger partial charge >= 0.3 is 0 Å². The van der Waals surface area contributed by atoms with Gasteiger partial charge in [-0.05, 0) is 50.2 Å². The molecule has 140 valence electrons. The lowest BCUT2D eigenvalue weighted by Gasteiger charge is -2.08. The molecule has 1 aliphatic carbocycles. The van der Waals surface area contributed by atoms with E-state index in [9.17, 15) is 9.59 Å². The summed E-state index contributed by atoms with van der Waals surface area (Å²) in [6, 6.07) is 5.61. The number of benzene rings is 1. The van der Waals surface area contributed by atoms with Gasteiger partial charge in [-0.3, -0.25) is 14.2 Å². The normalized spacial score (nSPS) is 13.9. The lowest BCUT2D eigenvalue weighted by Crippen LogP contribution is -2.26.